The van der Waals surface area contributed by atoms with E-state index < -0.39 is 0 Å². The third-order valence-corrected chi connectivity index (χ3v) is 0.867. The number of rotatable bonds is 0. The normalized spacial score (nSPS) is 12.8. The van der Waals surface area contributed by atoms with Crippen molar-refractivity contribution in [2.75, 3.05) is 0 Å². The fourth-order valence-electron chi connectivity index (χ4n) is 0.515. The van der Waals surface area contributed by atoms with Crippen LogP contribution in [-0.2, 0) is 21.1 Å². The Bertz CT molecular complexity index is 117. The van der Waals surface area contributed by atoms with E-state index in [1.165, 1.54) is 5.57 Å². The summed E-state index contributed by atoms with van der Waals surface area (Å²) in [5, 5.41) is 0. The van der Waals surface area contributed by atoms with Crippen molar-refractivity contribution in [3.05, 3.63) is 34.3 Å². The van der Waals surface area contributed by atoms with Crippen LogP contribution in [0, 0.1) is 11.0 Å². The first-order valence-corrected chi connectivity index (χ1v) is 2.32. The topological polar surface area (TPSA) is 39.4 Å². The largest absolute Gasteiger partial charge is 2.00 e. The number of nitrogens with zero attached hydrogens (tertiary/aromatic N) is 1. The molecule has 9 heavy (non-hydrogen) atoms. The maximum Gasteiger partial charge on any atom is 2.00 e. The van der Waals surface area contributed by atoms with Gasteiger partial charge in [0.1, 0.15) is 0 Å². The van der Waals surface area contributed by atoms with Crippen LogP contribution in [0.3, 0.4) is 0 Å². The molecule has 0 aromatic carbocycles. The van der Waals surface area contributed by atoms with E-state index in [0.717, 1.165) is 6.42 Å². The molecule has 0 radical (unpaired) electrons. The van der Waals surface area contributed by atoms with Gasteiger partial charge in [-0.1, -0.05) is 6.92 Å². The number of hydrogen-bond donors (Lipinski definition) is 0. The molecule has 1 aliphatic rings. The van der Waals surface area contributed by atoms with Crippen LogP contribution in [0.15, 0.2) is 17.7 Å². The Morgan fingerprint density at radius 3 is 2.33 bits per heavy atom. The third-order valence-electron chi connectivity index (χ3n) is 0.867. The van der Waals surface area contributed by atoms with E-state index in [1.54, 1.807) is 0 Å². The van der Waals surface area contributed by atoms with Gasteiger partial charge in [-0.15, -0.1) is 6.42 Å². The molecule has 3 heteroatoms. The molecule has 1 rings (SSSR count). The smallest absolute Gasteiger partial charge is 0.577 e. The quantitative estimate of drug-likeness (QED) is 0.630. The number of allylic oxidation sites excluding steroid dienone is 4. The molecule has 0 unspecified atom stereocenters. The molecule has 2 nitrogen and oxygen atoms in total. The second kappa shape index (κ2) is 7.77. The first-order valence-electron chi connectivity index (χ1n) is 2.32. The molecule has 0 fully saturated rings. The first kappa shape index (κ1) is 11.6. The Morgan fingerprint density at radius 1 is 1.67 bits per heavy atom. The Kier molecular flexibility index (Phi) is 9.97. The molecule has 0 aliphatic heterocycles. The van der Waals surface area contributed by atoms with Gasteiger partial charge in [0.25, 0.3) is 0 Å². The van der Waals surface area contributed by atoms with Gasteiger partial charge in [0.05, 0.1) is 0 Å². The minimum atomic E-state index is 0. The fourth-order valence-corrected chi connectivity index (χ4v) is 0.515. The summed E-state index contributed by atoms with van der Waals surface area (Å²) in [7, 11) is 0. The zero-order valence-electron chi connectivity index (χ0n) is 5.13. The Balaban J connectivity index is 0. The second-order valence-corrected chi connectivity index (χ2v) is 1.47. The van der Waals surface area contributed by atoms with Gasteiger partial charge in [0.15, 0.2) is 0 Å². The first-order chi connectivity index (χ1) is 3.89. The van der Waals surface area contributed by atoms with Crippen molar-refractivity contribution in [1.82, 2.24) is 0 Å². The molecule has 1 aliphatic carbocycles. The van der Waals surface area contributed by atoms with Gasteiger partial charge in [-0.3, -0.25) is 6.08 Å². The summed E-state index contributed by atoms with van der Waals surface area (Å²) in [6.07, 6.45) is 8.33. The van der Waals surface area contributed by atoms with Crippen molar-refractivity contribution in [2.45, 2.75) is 13.3 Å². The standard InChI is InChI=1S/C6H7.NO.W/c1-6-4-2-3-5-6;1-2;/h2,4H,3H2,1H3;;/q2*-1;+2. The minimum absolute atomic E-state index is 0. The number of hydrogen-bond acceptors (Lipinski definition) is 1. The maximum absolute atomic E-state index is 7.25. The molecular formula is C6H7NOW. The molecule has 0 aromatic rings. The molecule has 0 heterocycles. The molecular weight excluding hydrogens is 286 g/mol. The van der Waals surface area contributed by atoms with Crippen molar-refractivity contribution in [2.24, 2.45) is 0 Å². The van der Waals surface area contributed by atoms with Gasteiger partial charge in [0.2, 0.25) is 0 Å². The minimum Gasteiger partial charge on any atom is -0.577 e. The third kappa shape index (κ3) is 5.64. The summed E-state index contributed by atoms with van der Waals surface area (Å²) >= 11 is 0. The van der Waals surface area contributed by atoms with E-state index >= 15 is 0 Å². The predicted octanol–water partition coefficient (Wildman–Crippen LogP) is 2.02. The average molecular weight is 293 g/mol. The van der Waals surface area contributed by atoms with Crippen LogP contribution in [-0.4, -0.2) is 0 Å². The molecule has 0 amide bonds. The fraction of sp³-hybridized carbons (Fsp3) is 0.333. The van der Waals surface area contributed by atoms with Gasteiger partial charge in [-0.2, -0.15) is 6.08 Å². The van der Waals surface area contributed by atoms with Crippen LogP contribution >= 0.6 is 0 Å². The van der Waals surface area contributed by atoms with E-state index in [-0.39, 0.29) is 21.1 Å². The summed E-state index contributed by atoms with van der Waals surface area (Å²) in [4.78, 5) is 7.25. The second-order valence-electron chi connectivity index (χ2n) is 1.47. The Hall–Kier alpha value is -0.232. The monoisotopic (exact) mass is 293 g/mol. The summed E-state index contributed by atoms with van der Waals surface area (Å²) < 4.78 is 0. The van der Waals surface area contributed by atoms with Gasteiger partial charge in [-0.05, 0) is 0 Å². The molecule has 0 N–H and O–H groups in total. The van der Waals surface area contributed by atoms with E-state index in [2.05, 4.69) is 25.2 Å². The van der Waals surface area contributed by atoms with Gasteiger partial charge in [0, 0.05) is 0 Å². The molecule has 0 bridgehead atoms. The zero-order valence-corrected chi connectivity index (χ0v) is 8.06. The van der Waals surface area contributed by atoms with Gasteiger partial charge >= 0.3 is 21.1 Å². The van der Waals surface area contributed by atoms with Crippen LogP contribution in [0.5, 0.6) is 0 Å². The Morgan fingerprint density at radius 2 is 2.22 bits per heavy atom. The summed E-state index contributed by atoms with van der Waals surface area (Å²) in [5.74, 6) is 0. The SMILES string of the molecule is CC1=[C-]CC=C1.[N-]=O.[W+2]. The molecule has 0 saturated carbocycles. The van der Waals surface area contributed by atoms with E-state index in [1.807, 2.05) is 0 Å². The molecule has 48 valence electrons. The number of nitroso groups, excluding NO2 is 1. The van der Waals surface area contributed by atoms with E-state index in [0.29, 0.717) is 0 Å². The summed E-state index contributed by atoms with van der Waals surface area (Å²) in [6.45, 7) is 2.06. The van der Waals surface area contributed by atoms with Crippen molar-refractivity contribution < 1.29 is 21.1 Å². The van der Waals surface area contributed by atoms with Gasteiger partial charge in [-0.25, -0.2) is 11.6 Å². The van der Waals surface area contributed by atoms with Crippen molar-refractivity contribution in [3.63, 3.8) is 0 Å². The molecule has 0 spiro atoms. The zero-order chi connectivity index (χ0) is 6.41. The summed E-state index contributed by atoms with van der Waals surface area (Å²) in [6, 6.07) is 0. The van der Waals surface area contributed by atoms with Crippen LogP contribution in [0.1, 0.15) is 13.3 Å². The summed E-state index contributed by atoms with van der Waals surface area (Å²) in [5.41, 5.74) is 7.02. The van der Waals surface area contributed by atoms with Crippen LogP contribution in [0.4, 0.5) is 0 Å². The van der Waals surface area contributed by atoms with E-state index in [4.69, 9.17) is 10.5 Å². The average Bonchev–Trinajstić information content (AvgIpc) is 2.24. The van der Waals surface area contributed by atoms with E-state index in [9.17, 15) is 0 Å². The Labute approximate surface area is 69.1 Å². The van der Waals surface area contributed by atoms with Crippen molar-refractivity contribution in [3.8, 4) is 0 Å². The molecule has 0 saturated heterocycles. The van der Waals surface area contributed by atoms with Gasteiger partial charge < -0.3 is 10.5 Å². The van der Waals surface area contributed by atoms with Crippen molar-refractivity contribution in [1.29, 1.82) is 0 Å². The van der Waals surface area contributed by atoms with Crippen LogP contribution < -0.4 is 0 Å². The molecule has 0 atom stereocenters. The predicted molar refractivity (Wildman–Crippen MR) is 32.9 cm³/mol. The van der Waals surface area contributed by atoms with Crippen LogP contribution in [0.25, 0.3) is 5.59 Å². The molecule has 0 aromatic heterocycles. The maximum atomic E-state index is 7.25. The van der Waals surface area contributed by atoms with Crippen molar-refractivity contribution >= 4 is 0 Å². The van der Waals surface area contributed by atoms with Crippen LogP contribution in [0.2, 0.25) is 0 Å².